The summed E-state index contributed by atoms with van der Waals surface area (Å²) < 4.78 is 0. The number of carbonyl (C=O) groups is 1. The van der Waals surface area contributed by atoms with Crippen molar-refractivity contribution in [3.63, 3.8) is 0 Å². The quantitative estimate of drug-likeness (QED) is 0.905. The van der Waals surface area contributed by atoms with Gasteiger partial charge in [-0.1, -0.05) is 30.5 Å². The van der Waals surface area contributed by atoms with Gasteiger partial charge in [-0.2, -0.15) is 0 Å². The summed E-state index contributed by atoms with van der Waals surface area (Å²) in [6.45, 7) is 7.60. The van der Waals surface area contributed by atoms with Crippen LogP contribution in [0.5, 0.6) is 0 Å². The van der Waals surface area contributed by atoms with Crippen LogP contribution in [0.2, 0.25) is 0 Å². The van der Waals surface area contributed by atoms with Gasteiger partial charge < -0.3 is 15.1 Å². The molecule has 4 heteroatoms. The van der Waals surface area contributed by atoms with Crippen molar-refractivity contribution in [2.45, 2.75) is 45.4 Å². The van der Waals surface area contributed by atoms with E-state index in [1.54, 1.807) is 0 Å². The SMILES string of the molecule is Cc1ccc(NC(=O)N2CCC(CN3CCCCCC3)CC2)cc1. The standard InChI is InChI=1S/C20H31N3O/c1-17-6-8-19(9-7-17)21-20(24)23-14-10-18(11-15-23)16-22-12-4-2-3-5-13-22/h6-9,18H,2-5,10-16H2,1H3,(H,21,24). The van der Waals surface area contributed by atoms with Gasteiger partial charge in [0.25, 0.3) is 0 Å². The molecule has 1 N–H and O–H groups in total. The number of nitrogens with one attached hydrogen (secondary N) is 1. The Hall–Kier alpha value is -1.55. The van der Waals surface area contributed by atoms with Crippen LogP contribution in [0.4, 0.5) is 10.5 Å². The minimum atomic E-state index is 0.0482. The van der Waals surface area contributed by atoms with Crippen LogP contribution in [0.1, 0.15) is 44.1 Å². The predicted molar refractivity (Wildman–Crippen MR) is 99.4 cm³/mol. The molecule has 0 atom stereocenters. The molecule has 1 aromatic carbocycles. The van der Waals surface area contributed by atoms with Gasteiger partial charge in [0.05, 0.1) is 0 Å². The molecular formula is C20H31N3O. The Kier molecular flexibility index (Phi) is 6.13. The summed E-state index contributed by atoms with van der Waals surface area (Å²) in [5.74, 6) is 0.756. The molecule has 2 aliphatic heterocycles. The van der Waals surface area contributed by atoms with Crippen molar-refractivity contribution in [3.05, 3.63) is 29.8 Å². The van der Waals surface area contributed by atoms with E-state index in [2.05, 4.69) is 17.1 Å². The topological polar surface area (TPSA) is 35.6 Å². The molecule has 0 aliphatic carbocycles. The van der Waals surface area contributed by atoms with Crippen molar-refractivity contribution < 1.29 is 4.79 Å². The zero-order valence-electron chi connectivity index (χ0n) is 15.0. The molecule has 0 aromatic heterocycles. The highest BCUT2D eigenvalue weighted by atomic mass is 16.2. The number of piperidine rings is 1. The minimum absolute atomic E-state index is 0.0482. The number of carbonyl (C=O) groups excluding carboxylic acids is 1. The molecule has 3 rings (SSSR count). The van der Waals surface area contributed by atoms with E-state index < -0.39 is 0 Å². The molecule has 24 heavy (non-hydrogen) atoms. The molecule has 132 valence electrons. The van der Waals surface area contributed by atoms with Gasteiger partial charge in [-0.25, -0.2) is 4.79 Å². The van der Waals surface area contributed by atoms with Crippen molar-refractivity contribution in [2.75, 3.05) is 38.0 Å². The number of nitrogens with zero attached hydrogens (tertiary/aromatic N) is 2. The maximum absolute atomic E-state index is 12.4. The van der Waals surface area contributed by atoms with Crippen LogP contribution in [-0.4, -0.2) is 48.6 Å². The maximum atomic E-state index is 12.4. The number of likely N-dealkylation sites (tertiary alicyclic amines) is 2. The van der Waals surface area contributed by atoms with Crippen LogP contribution in [0.25, 0.3) is 0 Å². The molecule has 0 radical (unpaired) electrons. The van der Waals surface area contributed by atoms with Gasteiger partial charge in [0, 0.05) is 25.3 Å². The van der Waals surface area contributed by atoms with Gasteiger partial charge in [-0.15, -0.1) is 0 Å². The largest absolute Gasteiger partial charge is 0.325 e. The number of benzene rings is 1. The van der Waals surface area contributed by atoms with Crippen LogP contribution in [-0.2, 0) is 0 Å². The fraction of sp³-hybridized carbons (Fsp3) is 0.650. The molecule has 2 heterocycles. The summed E-state index contributed by atoms with van der Waals surface area (Å²) in [6.07, 6.45) is 7.79. The van der Waals surface area contributed by atoms with Crippen LogP contribution < -0.4 is 5.32 Å². The highest BCUT2D eigenvalue weighted by Crippen LogP contribution is 2.21. The summed E-state index contributed by atoms with van der Waals surface area (Å²) in [5.41, 5.74) is 2.10. The molecule has 0 spiro atoms. The Morgan fingerprint density at radius 3 is 2.25 bits per heavy atom. The van der Waals surface area contributed by atoms with Gasteiger partial charge in [0.15, 0.2) is 0 Å². The summed E-state index contributed by atoms with van der Waals surface area (Å²) in [7, 11) is 0. The van der Waals surface area contributed by atoms with E-state index in [4.69, 9.17) is 0 Å². The number of amides is 2. The number of urea groups is 1. The smallest absolute Gasteiger partial charge is 0.321 e. The molecular weight excluding hydrogens is 298 g/mol. The first kappa shape index (κ1) is 17.3. The normalized spacial score (nSPS) is 20.6. The minimum Gasteiger partial charge on any atom is -0.325 e. The molecule has 2 fully saturated rings. The second-order valence-corrected chi connectivity index (χ2v) is 7.44. The van der Waals surface area contributed by atoms with Crippen LogP contribution >= 0.6 is 0 Å². The van der Waals surface area contributed by atoms with Gasteiger partial charge in [-0.3, -0.25) is 0 Å². The van der Waals surface area contributed by atoms with Crippen molar-refractivity contribution >= 4 is 11.7 Å². The first-order chi connectivity index (χ1) is 11.7. The van der Waals surface area contributed by atoms with Gasteiger partial charge in [0.1, 0.15) is 0 Å². The third kappa shape index (κ3) is 4.97. The zero-order valence-corrected chi connectivity index (χ0v) is 15.0. The second-order valence-electron chi connectivity index (χ2n) is 7.44. The summed E-state index contributed by atoms with van der Waals surface area (Å²) in [4.78, 5) is 17.0. The lowest BCUT2D eigenvalue weighted by atomic mass is 9.96. The zero-order chi connectivity index (χ0) is 16.8. The van der Waals surface area contributed by atoms with Crippen LogP contribution in [0.15, 0.2) is 24.3 Å². The third-order valence-electron chi connectivity index (χ3n) is 5.42. The average Bonchev–Trinajstić information content (AvgIpc) is 2.86. The lowest BCUT2D eigenvalue weighted by molar-refractivity contribution is 0.155. The second kappa shape index (κ2) is 8.52. The van der Waals surface area contributed by atoms with E-state index in [9.17, 15) is 4.79 Å². The molecule has 2 aliphatic rings. The molecule has 0 bridgehead atoms. The fourth-order valence-corrected chi connectivity index (χ4v) is 3.84. The maximum Gasteiger partial charge on any atom is 0.321 e. The first-order valence-electron chi connectivity index (χ1n) is 9.55. The molecule has 2 amide bonds. The third-order valence-corrected chi connectivity index (χ3v) is 5.42. The monoisotopic (exact) mass is 329 g/mol. The van der Waals surface area contributed by atoms with E-state index in [0.717, 1.165) is 37.5 Å². The molecule has 2 saturated heterocycles. The number of rotatable bonds is 3. The fourth-order valence-electron chi connectivity index (χ4n) is 3.84. The number of hydrogen-bond acceptors (Lipinski definition) is 2. The molecule has 0 unspecified atom stereocenters. The van der Waals surface area contributed by atoms with Crippen molar-refractivity contribution in [1.29, 1.82) is 0 Å². The first-order valence-corrected chi connectivity index (χ1v) is 9.55. The van der Waals surface area contributed by atoms with E-state index in [1.165, 1.54) is 50.9 Å². The Balaban J connectivity index is 1.42. The van der Waals surface area contributed by atoms with Crippen LogP contribution in [0.3, 0.4) is 0 Å². The summed E-state index contributed by atoms with van der Waals surface area (Å²) in [6, 6.07) is 8.05. The molecule has 0 saturated carbocycles. The average molecular weight is 329 g/mol. The van der Waals surface area contributed by atoms with Gasteiger partial charge in [-0.05, 0) is 63.7 Å². The van der Waals surface area contributed by atoms with E-state index >= 15 is 0 Å². The van der Waals surface area contributed by atoms with E-state index in [0.29, 0.717) is 0 Å². The Morgan fingerprint density at radius 2 is 1.62 bits per heavy atom. The Morgan fingerprint density at radius 1 is 1.00 bits per heavy atom. The van der Waals surface area contributed by atoms with Gasteiger partial charge in [0.2, 0.25) is 0 Å². The van der Waals surface area contributed by atoms with E-state index in [1.807, 2.05) is 29.2 Å². The number of aryl methyl sites for hydroxylation is 1. The van der Waals surface area contributed by atoms with Gasteiger partial charge >= 0.3 is 6.03 Å². The van der Waals surface area contributed by atoms with Crippen molar-refractivity contribution in [3.8, 4) is 0 Å². The lowest BCUT2D eigenvalue weighted by Gasteiger charge is -2.34. The van der Waals surface area contributed by atoms with Crippen molar-refractivity contribution in [2.24, 2.45) is 5.92 Å². The Labute approximate surface area is 146 Å². The highest BCUT2D eigenvalue weighted by molar-refractivity contribution is 5.89. The lowest BCUT2D eigenvalue weighted by Crippen LogP contribution is -2.43. The number of anilines is 1. The molecule has 1 aromatic rings. The highest BCUT2D eigenvalue weighted by Gasteiger charge is 2.24. The summed E-state index contributed by atoms with van der Waals surface area (Å²) >= 11 is 0. The predicted octanol–water partition coefficient (Wildman–Crippen LogP) is 4.11. The Bertz CT molecular complexity index is 512. The summed E-state index contributed by atoms with van der Waals surface area (Å²) in [5, 5.41) is 3.02. The van der Waals surface area contributed by atoms with E-state index in [-0.39, 0.29) is 6.03 Å². The van der Waals surface area contributed by atoms with Crippen molar-refractivity contribution in [1.82, 2.24) is 9.80 Å². The van der Waals surface area contributed by atoms with Crippen LogP contribution in [0, 0.1) is 12.8 Å². The molecule has 4 nitrogen and oxygen atoms in total. The number of hydrogen-bond donors (Lipinski definition) is 1.